The fourth-order valence-corrected chi connectivity index (χ4v) is 1.13. The molecule has 6 heteroatoms. The van der Waals surface area contributed by atoms with E-state index in [2.05, 4.69) is 11.3 Å². The van der Waals surface area contributed by atoms with Gasteiger partial charge in [-0.05, 0) is 19.3 Å². The Morgan fingerprint density at radius 1 is 1.32 bits per heavy atom. The SMILES string of the molecule is C=CCOC(=O)/C=C/C(=O)O.O=C1CCCCCO1. The van der Waals surface area contributed by atoms with Crippen LogP contribution in [-0.2, 0) is 23.9 Å². The molecule has 1 saturated heterocycles. The minimum atomic E-state index is -1.18. The summed E-state index contributed by atoms with van der Waals surface area (Å²) in [4.78, 5) is 30.8. The van der Waals surface area contributed by atoms with Gasteiger partial charge in [0.05, 0.1) is 6.61 Å². The Bertz CT molecular complexity index is 335. The van der Waals surface area contributed by atoms with Crippen LogP contribution in [0, 0.1) is 0 Å². The highest BCUT2D eigenvalue weighted by atomic mass is 16.5. The quantitative estimate of drug-likeness (QED) is 0.472. The molecule has 0 unspecified atom stereocenters. The van der Waals surface area contributed by atoms with Gasteiger partial charge in [-0.3, -0.25) is 4.79 Å². The number of rotatable bonds is 4. The number of aliphatic carboxylic acids is 1. The van der Waals surface area contributed by atoms with Crippen LogP contribution < -0.4 is 0 Å². The Hall–Kier alpha value is -2.11. The van der Waals surface area contributed by atoms with Crippen LogP contribution in [0.15, 0.2) is 24.8 Å². The van der Waals surface area contributed by atoms with E-state index in [1.54, 1.807) is 0 Å². The molecule has 0 atom stereocenters. The van der Waals surface area contributed by atoms with Gasteiger partial charge in [0, 0.05) is 18.6 Å². The fourth-order valence-electron chi connectivity index (χ4n) is 1.13. The molecule has 0 aromatic heterocycles. The van der Waals surface area contributed by atoms with Gasteiger partial charge in [0.25, 0.3) is 0 Å². The molecule has 0 saturated carbocycles. The molecule has 0 amide bonds. The molecule has 106 valence electrons. The number of cyclic esters (lactones) is 1. The Morgan fingerprint density at radius 3 is 2.68 bits per heavy atom. The predicted octanol–water partition coefficient (Wildman–Crippen LogP) is 1.46. The Balaban J connectivity index is 0.000000356. The number of carbonyl (C=O) groups is 3. The zero-order valence-corrected chi connectivity index (χ0v) is 10.7. The zero-order valence-electron chi connectivity index (χ0n) is 10.7. The third-order valence-electron chi connectivity index (χ3n) is 1.99. The van der Waals surface area contributed by atoms with E-state index >= 15 is 0 Å². The summed E-state index contributed by atoms with van der Waals surface area (Å²) in [6.45, 7) is 4.03. The van der Waals surface area contributed by atoms with Crippen molar-refractivity contribution >= 4 is 17.9 Å². The largest absolute Gasteiger partial charge is 0.478 e. The summed E-state index contributed by atoms with van der Waals surface area (Å²) in [6.07, 6.45) is 6.78. The predicted molar refractivity (Wildman–Crippen MR) is 67.4 cm³/mol. The van der Waals surface area contributed by atoms with E-state index < -0.39 is 11.9 Å². The Labute approximate surface area is 111 Å². The van der Waals surface area contributed by atoms with Crippen molar-refractivity contribution < 1.29 is 29.0 Å². The van der Waals surface area contributed by atoms with Gasteiger partial charge in [-0.25, -0.2) is 9.59 Å². The van der Waals surface area contributed by atoms with Crippen LogP contribution in [0.2, 0.25) is 0 Å². The number of ether oxygens (including phenoxy) is 2. The molecule has 19 heavy (non-hydrogen) atoms. The van der Waals surface area contributed by atoms with Crippen LogP contribution in [0.5, 0.6) is 0 Å². The Morgan fingerprint density at radius 2 is 2.05 bits per heavy atom. The molecule has 1 N–H and O–H groups in total. The second-order valence-electron chi connectivity index (χ2n) is 3.62. The summed E-state index contributed by atoms with van der Waals surface area (Å²) >= 11 is 0. The highest BCUT2D eigenvalue weighted by Gasteiger charge is 2.05. The molecule has 0 spiro atoms. The van der Waals surface area contributed by atoms with Crippen molar-refractivity contribution in [2.24, 2.45) is 0 Å². The lowest BCUT2D eigenvalue weighted by atomic mass is 10.2. The van der Waals surface area contributed by atoms with Gasteiger partial charge in [-0.15, -0.1) is 0 Å². The highest BCUT2D eigenvalue weighted by molar-refractivity contribution is 5.90. The third kappa shape index (κ3) is 12.1. The van der Waals surface area contributed by atoms with Crippen LogP contribution in [0.1, 0.15) is 25.7 Å². The third-order valence-corrected chi connectivity index (χ3v) is 1.99. The van der Waals surface area contributed by atoms with E-state index in [9.17, 15) is 14.4 Å². The van der Waals surface area contributed by atoms with E-state index in [1.165, 1.54) is 6.08 Å². The van der Waals surface area contributed by atoms with Crippen LogP contribution >= 0.6 is 0 Å². The van der Waals surface area contributed by atoms with E-state index in [1.807, 2.05) is 0 Å². The number of hydrogen-bond donors (Lipinski definition) is 1. The van der Waals surface area contributed by atoms with Crippen molar-refractivity contribution in [1.82, 2.24) is 0 Å². The van der Waals surface area contributed by atoms with Crippen molar-refractivity contribution in [3.8, 4) is 0 Å². The molecular formula is C13H18O6. The number of esters is 2. The normalized spacial score (nSPS) is 14.6. The molecule has 0 radical (unpaired) electrons. The molecular weight excluding hydrogens is 252 g/mol. The number of carboxylic acids is 1. The summed E-state index contributed by atoms with van der Waals surface area (Å²) in [5.74, 6) is -1.89. The monoisotopic (exact) mass is 270 g/mol. The van der Waals surface area contributed by atoms with Gasteiger partial charge in [0.1, 0.15) is 6.61 Å². The van der Waals surface area contributed by atoms with E-state index in [0.29, 0.717) is 19.1 Å². The second-order valence-corrected chi connectivity index (χ2v) is 3.62. The van der Waals surface area contributed by atoms with Crippen molar-refractivity contribution in [2.45, 2.75) is 25.7 Å². The van der Waals surface area contributed by atoms with Crippen LogP contribution in [0.4, 0.5) is 0 Å². The topological polar surface area (TPSA) is 89.9 Å². The van der Waals surface area contributed by atoms with Gasteiger partial charge < -0.3 is 14.6 Å². The maximum absolute atomic E-state index is 10.5. The minimum Gasteiger partial charge on any atom is -0.478 e. The molecule has 0 aromatic rings. The van der Waals surface area contributed by atoms with Crippen molar-refractivity contribution in [3.63, 3.8) is 0 Å². The van der Waals surface area contributed by atoms with Crippen LogP contribution in [0.25, 0.3) is 0 Å². The second kappa shape index (κ2) is 11.0. The smallest absolute Gasteiger partial charge is 0.331 e. The average Bonchev–Trinajstić information content (AvgIpc) is 2.62. The van der Waals surface area contributed by atoms with Crippen LogP contribution in [-0.4, -0.2) is 36.2 Å². The first kappa shape index (κ1) is 16.9. The van der Waals surface area contributed by atoms with Gasteiger partial charge in [-0.2, -0.15) is 0 Å². The number of carboxylic acid groups (broad SMARTS) is 1. The summed E-state index contributed by atoms with van der Waals surface area (Å²) < 4.78 is 9.20. The van der Waals surface area contributed by atoms with Crippen LogP contribution in [0.3, 0.4) is 0 Å². The summed E-state index contributed by atoms with van der Waals surface area (Å²) in [6, 6.07) is 0. The lowest BCUT2D eigenvalue weighted by Crippen LogP contribution is -2.01. The molecule has 0 aromatic carbocycles. The summed E-state index contributed by atoms with van der Waals surface area (Å²) in [7, 11) is 0. The molecule has 6 nitrogen and oxygen atoms in total. The molecule has 1 rings (SSSR count). The number of carbonyl (C=O) groups excluding carboxylic acids is 2. The highest BCUT2D eigenvalue weighted by Crippen LogP contribution is 2.06. The van der Waals surface area contributed by atoms with Crippen molar-refractivity contribution in [1.29, 1.82) is 0 Å². The first-order chi connectivity index (χ1) is 9.06. The van der Waals surface area contributed by atoms with Gasteiger partial charge in [0.15, 0.2) is 0 Å². The Kier molecular flexibility index (Phi) is 9.79. The molecule has 0 aliphatic carbocycles. The van der Waals surface area contributed by atoms with E-state index in [4.69, 9.17) is 9.84 Å². The van der Waals surface area contributed by atoms with Crippen molar-refractivity contribution in [2.75, 3.05) is 13.2 Å². The summed E-state index contributed by atoms with van der Waals surface area (Å²) in [5.41, 5.74) is 0. The van der Waals surface area contributed by atoms with Gasteiger partial charge in [-0.1, -0.05) is 12.7 Å². The first-order valence-corrected chi connectivity index (χ1v) is 5.90. The standard InChI is InChI=1S/C7H8O4.C6H10O2/c1-2-5-11-7(10)4-3-6(8)9;7-6-4-2-1-3-5-8-6/h2-4H,1,5H2,(H,8,9);1-5H2/b4-3+;. The molecule has 0 bridgehead atoms. The van der Waals surface area contributed by atoms with E-state index in [0.717, 1.165) is 25.3 Å². The minimum absolute atomic E-state index is 0.0255. The maximum Gasteiger partial charge on any atom is 0.331 e. The van der Waals surface area contributed by atoms with Crippen molar-refractivity contribution in [3.05, 3.63) is 24.8 Å². The molecule has 1 aliphatic heterocycles. The maximum atomic E-state index is 10.5. The lowest BCUT2D eigenvalue weighted by Gasteiger charge is -1.93. The van der Waals surface area contributed by atoms with Gasteiger partial charge in [0.2, 0.25) is 0 Å². The lowest BCUT2D eigenvalue weighted by molar-refractivity contribution is -0.142. The average molecular weight is 270 g/mol. The van der Waals surface area contributed by atoms with E-state index in [-0.39, 0.29) is 12.6 Å². The zero-order chi connectivity index (χ0) is 14.5. The molecule has 1 heterocycles. The first-order valence-electron chi connectivity index (χ1n) is 5.90. The van der Waals surface area contributed by atoms with Gasteiger partial charge >= 0.3 is 17.9 Å². The summed E-state index contributed by atoms with van der Waals surface area (Å²) in [5, 5.41) is 8.07. The fraction of sp³-hybridized carbons (Fsp3) is 0.462. The molecule has 1 fully saturated rings. The molecule has 1 aliphatic rings. The number of hydrogen-bond acceptors (Lipinski definition) is 5.